The maximum atomic E-state index is 6.08. The van der Waals surface area contributed by atoms with Crippen LogP contribution in [-0.4, -0.2) is 33.0 Å². The van der Waals surface area contributed by atoms with Crippen molar-refractivity contribution in [3.05, 3.63) is 23.8 Å². The fourth-order valence-electron chi connectivity index (χ4n) is 2.70. The van der Waals surface area contributed by atoms with E-state index in [1.165, 1.54) is 18.4 Å². The SMILES string of the molecule is COc1ccc(CCO[C@H]2CCCC[C@@H]2N)cc1OC. The van der Waals surface area contributed by atoms with Crippen LogP contribution in [0.4, 0.5) is 0 Å². The van der Waals surface area contributed by atoms with Gasteiger partial charge >= 0.3 is 0 Å². The van der Waals surface area contributed by atoms with Crippen LogP contribution in [0, 0.1) is 0 Å². The van der Waals surface area contributed by atoms with Gasteiger partial charge in [0.05, 0.1) is 26.9 Å². The quantitative estimate of drug-likeness (QED) is 0.869. The molecular formula is C16H25NO3. The van der Waals surface area contributed by atoms with Gasteiger partial charge in [0.2, 0.25) is 0 Å². The van der Waals surface area contributed by atoms with Crippen LogP contribution in [0.2, 0.25) is 0 Å². The summed E-state index contributed by atoms with van der Waals surface area (Å²) in [4.78, 5) is 0. The summed E-state index contributed by atoms with van der Waals surface area (Å²) in [6.07, 6.45) is 5.73. The van der Waals surface area contributed by atoms with Crippen molar-refractivity contribution < 1.29 is 14.2 Å². The van der Waals surface area contributed by atoms with Gasteiger partial charge in [0.25, 0.3) is 0 Å². The molecule has 0 amide bonds. The highest BCUT2D eigenvalue weighted by molar-refractivity contribution is 5.42. The van der Waals surface area contributed by atoms with Crippen LogP contribution < -0.4 is 15.2 Å². The van der Waals surface area contributed by atoms with Gasteiger partial charge in [-0.05, 0) is 37.0 Å². The third-order valence-electron chi connectivity index (χ3n) is 3.92. The maximum Gasteiger partial charge on any atom is 0.160 e. The normalized spacial score (nSPS) is 22.6. The number of rotatable bonds is 6. The molecular weight excluding hydrogens is 254 g/mol. The molecule has 0 spiro atoms. The minimum atomic E-state index is 0.203. The maximum absolute atomic E-state index is 6.08. The zero-order chi connectivity index (χ0) is 14.4. The monoisotopic (exact) mass is 279 g/mol. The van der Waals surface area contributed by atoms with Gasteiger partial charge in [0.15, 0.2) is 11.5 Å². The molecule has 20 heavy (non-hydrogen) atoms. The van der Waals surface area contributed by atoms with E-state index in [2.05, 4.69) is 0 Å². The molecule has 0 unspecified atom stereocenters. The number of ether oxygens (including phenoxy) is 3. The van der Waals surface area contributed by atoms with E-state index in [1.54, 1.807) is 14.2 Å². The first-order valence-corrected chi connectivity index (χ1v) is 7.32. The standard InChI is InChI=1S/C16H25NO3/c1-18-15-8-7-12(11-16(15)19-2)9-10-20-14-6-4-3-5-13(14)17/h7-8,11,13-14H,3-6,9-10,17H2,1-2H3/t13-,14-/m0/s1. The van der Waals surface area contributed by atoms with E-state index in [9.17, 15) is 0 Å². The van der Waals surface area contributed by atoms with Crippen molar-refractivity contribution in [1.29, 1.82) is 0 Å². The molecule has 2 atom stereocenters. The van der Waals surface area contributed by atoms with Gasteiger partial charge in [-0.1, -0.05) is 18.9 Å². The first kappa shape index (κ1) is 15.1. The number of benzene rings is 1. The van der Waals surface area contributed by atoms with Crippen molar-refractivity contribution >= 4 is 0 Å². The Morgan fingerprint density at radius 3 is 2.55 bits per heavy atom. The highest BCUT2D eigenvalue weighted by Crippen LogP contribution is 2.28. The Labute approximate surface area is 121 Å². The molecule has 0 radical (unpaired) electrons. The van der Waals surface area contributed by atoms with E-state index in [1.807, 2.05) is 18.2 Å². The summed E-state index contributed by atoms with van der Waals surface area (Å²) >= 11 is 0. The topological polar surface area (TPSA) is 53.7 Å². The third-order valence-corrected chi connectivity index (χ3v) is 3.92. The van der Waals surface area contributed by atoms with E-state index in [0.29, 0.717) is 6.61 Å². The predicted molar refractivity (Wildman–Crippen MR) is 79.4 cm³/mol. The van der Waals surface area contributed by atoms with Crippen LogP contribution in [0.1, 0.15) is 31.2 Å². The molecule has 1 aromatic rings. The van der Waals surface area contributed by atoms with Crippen LogP contribution in [0.3, 0.4) is 0 Å². The highest BCUT2D eigenvalue weighted by Gasteiger charge is 2.21. The van der Waals surface area contributed by atoms with Crippen molar-refractivity contribution in [2.45, 2.75) is 44.2 Å². The zero-order valence-corrected chi connectivity index (χ0v) is 12.4. The molecule has 4 nitrogen and oxygen atoms in total. The van der Waals surface area contributed by atoms with Crippen LogP contribution in [0.5, 0.6) is 11.5 Å². The van der Waals surface area contributed by atoms with Crippen molar-refractivity contribution in [3.8, 4) is 11.5 Å². The van der Waals surface area contributed by atoms with Crippen molar-refractivity contribution in [2.75, 3.05) is 20.8 Å². The molecule has 0 saturated heterocycles. The van der Waals surface area contributed by atoms with E-state index in [0.717, 1.165) is 30.8 Å². The van der Waals surface area contributed by atoms with E-state index >= 15 is 0 Å². The van der Waals surface area contributed by atoms with Crippen LogP contribution >= 0.6 is 0 Å². The summed E-state index contributed by atoms with van der Waals surface area (Å²) in [5.74, 6) is 1.52. The Balaban J connectivity index is 1.84. The second-order valence-corrected chi connectivity index (χ2v) is 5.30. The molecule has 0 aromatic heterocycles. The Hall–Kier alpha value is -1.26. The number of nitrogens with two attached hydrogens (primary N) is 1. The summed E-state index contributed by atoms with van der Waals surface area (Å²) in [7, 11) is 3.30. The first-order valence-electron chi connectivity index (χ1n) is 7.32. The van der Waals surface area contributed by atoms with E-state index in [-0.39, 0.29) is 12.1 Å². The average Bonchev–Trinajstić information content (AvgIpc) is 2.49. The summed E-state index contributed by atoms with van der Waals surface area (Å²) in [5.41, 5.74) is 7.27. The van der Waals surface area contributed by atoms with Gasteiger partial charge in [0.1, 0.15) is 0 Å². The molecule has 2 N–H and O–H groups in total. The Kier molecular flexibility index (Phi) is 5.68. The molecule has 2 rings (SSSR count). The number of hydrogen-bond donors (Lipinski definition) is 1. The van der Waals surface area contributed by atoms with Crippen molar-refractivity contribution in [3.63, 3.8) is 0 Å². The van der Waals surface area contributed by atoms with Gasteiger partial charge in [-0.2, -0.15) is 0 Å². The minimum Gasteiger partial charge on any atom is -0.493 e. The molecule has 112 valence electrons. The summed E-state index contributed by atoms with van der Waals surface area (Å²) in [6.45, 7) is 0.702. The van der Waals surface area contributed by atoms with E-state index < -0.39 is 0 Å². The fourth-order valence-corrected chi connectivity index (χ4v) is 2.70. The summed E-state index contributed by atoms with van der Waals surface area (Å²) < 4.78 is 16.5. The lowest BCUT2D eigenvalue weighted by molar-refractivity contribution is 0.0168. The lowest BCUT2D eigenvalue weighted by atomic mass is 9.93. The summed E-state index contributed by atoms with van der Waals surface area (Å²) in [6, 6.07) is 6.18. The first-order chi connectivity index (χ1) is 9.74. The van der Waals surface area contributed by atoms with E-state index in [4.69, 9.17) is 19.9 Å². The number of methoxy groups -OCH3 is 2. The molecule has 1 aliphatic rings. The van der Waals surface area contributed by atoms with Gasteiger partial charge in [-0.15, -0.1) is 0 Å². The van der Waals surface area contributed by atoms with Crippen LogP contribution in [-0.2, 0) is 11.2 Å². The van der Waals surface area contributed by atoms with Gasteiger partial charge in [0, 0.05) is 6.04 Å². The highest BCUT2D eigenvalue weighted by atomic mass is 16.5. The van der Waals surface area contributed by atoms with Gasteiger partial charge < -0.3 is 19.9 Å². The number of hydrogen-bond acceptors (Lipinski definition) is 4. The minimum absolute atomic E-state index is 0.203. The van der Waals surface area contributed by atoms with Gasteiger partial charge in [-0.3, -0.25) is 0 Å². The largest absolute Gasteiger partial charge is 0.493 e. The molecule has 0 heterocycles. The average molecular weight is 279 g/mol. The lowest BCUT2D eigenvalue weighted by Crippen LogP contribution is -2.39. The second kappa shape index (κ2) is 7.50. The molecule has 1 fully saturated rings. The molecule has 0 aliphatic heterocycles. The summed E-state index contributed by atoms with van der Waals surface area (Å²) in [5, 5.41) is 0. The smallest absolute Gasteiger partial charge is 0.160 e. The zero-order valence-electron chi connectivity index (χ0n) is 12.4. The van der Waals surface area contributed by atoms with Gasteiger partial charge in [-0.25, -0.2) is 0 Å². The van der Waals surface area contributed by atoms with Crippen LogP contribution in [0.15, 0.2) is 18.2 Å². The molecule has 1 saturated carbocycles. The van der Waals surface area contributed by atoms with Crippen LogP contribution in [0.25, 0.3) is 0 Å². The third kappa shape index (κ3) is 3.87. The molecule has 1 aliphatic carbocycles. The second-order valence-electron chi connectivity index (χ2n) is 5.30. The predicted octanol–water partition coefficient (Wildman–Crippen LogP) is 2.53. The Bertz CT molecular complexity index is 422. The van der Waals surface area contributed by atoms with Crippen molar-refractivity contribution in [2.24, 2.45) is 5.73 Å². The Morgan fingerprint density at radius 2 is 1.85 bits per heavy atom. The Morgan fingerprint density at radius 1 is 1.10 bits per heavy atom. The lowest BCUT2D eigenvalue weighted by Gasteiger charge is -2.28. The molecule has 1 aromatic carbocycles. The molecule has 4 heteroatoms. The van der Waals surface area contributed by atoms with Crippen molar-refractivity contribution in [1.82, 2.24) is 0 Å². The fraction of sp³-hybridized carbons (Fsp3) is 0.625. The molecule has 0 bridgehead atoms.